The molecule has 1 aromatic rings. The lowest BCUT2D eigenvalue weighted by Crippen LogP contribution is -2.42. The predicted molar refractivity (Wildman–Crippen MR) is 91.7 cm³/mol. The van der Waals surface area contributed by atoms with E-state index in [1.165, 1.54) is 19.3 Å². The molecule has 2 amide bonds. The molecule has 4 nitrogen and oxygen atoms in total. The highest BCUT2D eigenvalue weighted by Gasteiger charge is 2.29. The number of nitrogens with zero attached hydrogens (tertiary/aromatic N) is 2. The maximum absolute atomic E-state index is 12.9. The fourth-order valence-electron chi connectivity index (χ4n) is 4.09. The lowest BCUT2D eigenvalue weighted by Gasteiger charge is -2.36. The molecule has 1 heterocycles. The van der Waals surface area contributed by atoms with Gasteiger partial charge in [-0.2, -0.15) is 0 Å². The molecule has 1 saturated carbocycles. The van der Waals surface area contributed by atoms with Crippen LogP contribution in [0.5, 0.6) is 0 Å². The van der Waals surface area contributed by atoms with Gasteiger partial charge in [-0.15, -0.1) is 0 Å². The molecule has 0 bridgehead atoms. The van der Waals surface area contributed by atoms with Crippen LogP contribution in [0.25, 0.3) is 0 Å². The van der Waals surface area contributed by atoms with Crippen LogP contribution in [0.4, 0.5) is 5.69 Å². The summed E-state index contributed by atoms with van der Waals surface area (Å²) in [5.41, 5.74) is 2.81. The smallest absolute Gasteiger partial charge is 0.253 e. The second-order valence-corrected chi connectivity index (χ2v) is 7.01. The molecule has 23 heavy (non-hydrogen) atoms. The SMILES string of the molecule is CC(=O)N1CCc2cc(C(=O)N(C)C3CCCCC3C)ccc21. The lowest BCUT2D eigenvalue weighted by atomic mass is 9.85. The summed E-state index contributed by atoms with van der Waals surface area (Å²) in [4.78, 5) is 28.2. The Morgan fingerprint density at radius 1 is 1.22 bits per heavy atom. The Morgan fingerprint density at radius 3 is 2.65 bits per heavy atom. The number of carbonyl (C=O) groups is 2. The van der Waals surface area contributed by atoms with Gasteiger partial charge in [-0.3, -0.25) is 9.59 Å². The molecular weight excluding hydrogens is 288 g/mol. The molecule has 124 valence electrons. The second kappa shape index (κ2) is 6.34. The van der Waals surface area contributed by atoms with Crippen molar-refractivity contribution in [3.63, 3.8) is 0 Å². The standard InChI is InChI=1S/C19H26N2O2/c1-13-6-4-5-7-17(13)20(3)19(23)16-8-9-18-15(12-16)10-11-21(18)14(2)22/h8-9,12-13,17H,4-7,10-11H2,1-3H3. The third-order valence-corrected chi connectivity index (χ3v) is 5.49. The Labute approximate surface area is 138 Å². The van der Waals surface area contributed by atoms with E-state index in [4.69, 9.17) is 0 Å². The summed E-state index contributed by atoms with van der Waals surface area (Å²) in [5.74, 6) is 0.740. The molecule has 4 heteroatoms. The zero-order valence-corrected chi connectivity index (χ0v) is 14.3. The van der Waals surface area contributed by atoms with Crippen molar-refractivity contribution in [1.29, 1.82) is 0 Å². The molecule has 1 fully saturated rings. The highest BCUT2D eigenvalue weighted by atomic mass is 16.2. The van der Waals surface area contributed by atoms with Gasteiger partial charge >= 0.3 is 0 Å². The van der Waals surface area contributed by atoms with Gasteiger partial charge in [0, 0.05) is 37.8 Å². The molecule has 0 spiro atoms. The van der Waals surface area contributed by atoms with Crippen molar-refractivity contribution < 1.29 is 9.59 Å². The van der Waals surface area contributed by atoms with Crippen LogP contribution in [0.2, 0.25) is 0 Å². The monoisotopic (exact) mass is 314 g/mol. The summed E-state index contributed by atoms with van der Waals surface area (Å²) in [6, 6.07) is 6.12. The maximum atomic E-state index is 12.9. The third-order valence-electron chi connectivity index (χ3n) is 5.49. The maximum Gasteiger partial charge on any atom is 0.253 e. The Hall–Kier alpha value is -1.84. The van der Waals surface area contributed by atoms with Gasteiger partial charge in [0.05, 0.1) is 0 Å². The third kappa shape index (κ3) is 2.99. The Morgan fingerprint density at radius 2 is 1.96 bits per heavy atom. The van der Waals surface area contributed by atoms with Gasteiger partial charge in [0.25, 0.3) is 5.91 Å². The van der Waals surface area contributed by atoms with E-state index in [2.05, 4.69) is 6.92 Å². The molecule has 0 radical (unpaired) electrons. The first-order valence-corrected chi connectivity index (χ1v) is 8.67. The highest BCUT2D eigenvalue weighted by molar-refractivity contribution is 5.97. The van der Waals surface area contributed by atoms with Gasteiger partial charge in [0.2, 0.25) is 5.91 Å². The number of hydrogen-bond acceptors (Lipinski definition) is 2. The van der Waals surface area contributed by atoms with E-state index in [1.807, 2.05) is 30.1 Å². The number of carbonyl (C=O) groups excluding carboxylic acids is 2. The van der Waals surface area contributed by atoms with Crippen molar-refractivity contribution in [2.45, 2.75) is 52.0 Å². The van der Waals surface area contributed by atoms with Crippen LogP contribution in [0.15, 0.2) is 18.2 Å². The quantitative estimate of drug-likeness (QED) is 0.841. The number of fused-ring (bicyclic) bond motifs is 1. The average Bonchev–Trinajstić information content (AvgIpc) is 2.97. The van der Waals surface area contributed by atoms with E-state index in [0.29, 0.717) is 12.0 Å². The summed E-state index contributed by atoms with van der Waals surface area (Å²) in [6.07, 6.45) is 5.63. The lowest BCUT2D eigenvalue weighted by molar-refractivity contribution is -0.116. The van der Waals surface area contributed by atoms with Gasteiger partial charge in [0.1, 0.15) is 0 Å². The minimum atomic E-state index is 0.0657. The van der Waals surface area contributed by atoms with Crippen molar-refractivity contribution in [2.24, 2.45) is 5.92 Å². The zero-order valence-electron chi connectivity index (χ0n) is 14.3. The van der Waals surface area contributed by atoms with Crippen molar-refractivity contribution in [3.05, 3.63) is 29.3 Å². The molecule has 0 aromatic heterocycles. The molecule has 2 atom stereocenters. The second-order valence-electron chi connectivity index (χ2n) is 7.01. The number of benzene rings is 1. The molecule has 3 rings (SSSR count). The van der Waals surface area contributed by atoms with E-state index < -0.39 is 0 Å². The largest absolute Gasteiger partial charge is 0.338 e. The van der Waals surface area contributed by atoms with Crippen LogP contribution < -0.4 is 4.90 Å². The minimum absolute atomic E-state index is 0.0657. The molecule has 1 aliphatic carbocycles. The molecule has 2 unspecified atom stereocenters. The van der Waals surface area contributed by atoms with Crippen LogP contribution in [0.1, 0.15) is 55.5 Å². The van der Waals surface area contributed by atoms with Gasteiger partial charge < -0.3 is 9.80 Å². The molecule has 2 aliphatic rings. The summed E-state index contributed by atoms with van der Waals surface area (Å²) < 4.78 is 0. The molecule has 1 aliphatic heterocycles. The number of hydrogen-bond donors (Lipinski definition) is 0. The fourth-order valence-corrected chi connectivity index (χ4v) is 4.09. The summed E-state index contributed by atoms with van der Waals surface area (Å²) in [7, 11) is 1.93. The van der Waals surface area contributed by atoms with Crippen LogP contribution >= 0.6 is 0 Å². The summed E-state index contributed by atoms with van der Waals surface area (Å²) in [5, 5.41) is 0. The number of amides is 2. The van der Waals surface area contributed by atoms with E-state index in [-0.39, 0.29) is 11.8 Å². The van der Waals surface area contributed by atoms with Crippen molar-refractivity contribution in [2.75, 3.05) is 18.5 Å². The van der Waals surface area contributed by atoms with Crippen LogP contribution in [-0.2, 0) is 11.2 Å². The van der Waals surface area contributed by atoms with Crippen molar-refractivity contribution in [1.82, 2.24) is 4.90 Å². The summed E-state index contributed by atoms with van der Waals surface area (Å²) in [6.45, 7) is 4.56. The summed E-state index contributed by atoms with van der Waals surface area (Å²) >= 11 is 0. The average molecular weight is 314 g/mol. The normalized spacial score (nSPS) is 23.5. The van der Waals surface area contributed by atoms with Crippen LogP contribution in [0.3, 0.4) is 0 Å². The van der Waals surface area contributed by atoms with Crippen molar-refractivity contribution >= 4 is 17.5 Å². The first kappa shape index (κ1) is 16.0. The zero-order chi connectivity index (χ0) is 16.6. The fraction of sp³-hybridized carbons (Fsp3) is 0.579. The predicted octanol–water partition coefficient (Wildman–Crippen LogP) is 3.25. The van der Waals surface area contributed by atoms with Crippen LogP contribution in [0, 0.1) is 5.92 Å². The Kier molecular flexibility index (Phi) is 4.42. The molecular formula is C19H26N2O2. The first-order valence-electron chi connectivity index (χ1n) is 8.67. The molecule has 0 N–H and O–H groups in total. The topological polar surface area (TPSA) is 40.6 Å². The highest BCUT2D eigenvalue weighted by Crippen LogP contribution is 2.31. The van der Waals surface area contributed by atoms with Gasteiger partial charge in [-0.1, -0.05) is 19.8 Å². The number of rotatable bonds is 2. The van der Waals surface area contributed by atoms with Gasteiger partial charge in [0.15, 0.2) is 0 Å². The molecule has 0 saturated heterocycles. The van der Waals surface area contributed by atoms with Crippen molar-refractivity contribution in [3.8, 4) is 0 Å². The number of anilines is 1. The van der Waals surface area contributed by atoms with Crippen LogP contribution in [-0.4, -0.2) is 36.3 Å². The van der Waals surface area contributed by atoms with E-state index in [9.17, 15) is 9.59 Å². The molecule has 1 aromatic carbocycles. The Bertz CT molecular complexity index is 626. The van der Waals surface area contributed by atoms with E-state index in [1.54, 1.807) is 11.8 Å². The van der Waals surface area contributed by atoms with E-state index >= 15 is 0 Å². The minimum Gasteiger partial charge on any atom is -0.338 e. The Balaban J connectivity index is 1.79. The van der Waals surface area contributed by atoms with Gasteiger partial charge in [-0.05, 0) is 48.9 Å². The van der Waals surface area contributed by atoms with Gasteiger partial charge in [-0.25, -0.2) is 0 Å². The first-order chi connectivity index (χ1) is 11.0. The van der Waals surface area contributed by atoms with E-state index in [0.717, 1.165) is 36.2 Å².